The van der Waals surface area contributed by atoms with Crippen LogP contribution in [0.5, 0.6) is 0 Å². The molecule has 0 aliphatic carbocycles. The maximum absolute atomic E-state index is 12.4. The maximum Gasteiger partial charge on any atom is 0.319 e. The second-order valence-electron chi connectivity index (χ2n) is 5.19. The second kappa shape index (κ2) is 6.39. The van der Waals surface area contributed by atoms with Gasteiger partial charge in [0.2, 0.25) is 0 Å². The highest BCUT2D eigenvalue weighted by atomic mass is 16.3. The van der Waals surface area contributed by atoms with Crippen molar-refractivity contribution >= 4 is 23.3 Å². The first-order valence-corrected chi connectivity index (χ1v) is 7.32. The minimum Gasteiger partial charge on any atom is -0.472 e. The molecular weight excluding hydrogens is 294 g/mol. The third-order valence-electron chi connectivity index (χ3n) is 3.65. The molecular formula is C17H17N3O3. The van der Waals surface area contributed by atoms with Crippen LogP contribution in [0.15, 0.2) is 53.9 Å². The maximum atomic E-state index is 12.4. The van der Waals surface area contributed by atoms with Crippen molar-refractivity contribution in [3.8, 4) is 0 Å². The lowest BCUT2D eigenvalue weighted by molar-refractivity contribution is 0.0988. The van der Waals surface area contributed by atoms with Crippen molar-refractivity contribution in [2.75, 3.05) is 23.3 Å². The molecule has 0 spiro atoms. The van der Waals surface area contributed by atoms with Crippen molar-refractivity contribution in [2.24, 2.45) is 0 Å². The average molecular weight is 311 g/mol. The molecule has 0 unspecified atom stereocenters. The Bertz CT molecular complexity index is 738. The number of nitrogens with one attached hydrogen (secondary N) is 2. The summed E-state index contributed by atoms with van der Waals surface area (Å²) in [6.07, 6.45) is 5.30. The lowest BCUT2D eigenvalue weighted by Gasteiger charge is -2.16. The SMILES string of the molecule is C=CCNC(=O)Nc1ccc2c(c1)CCN2C(=O)c1ccoc1. The fourth-order valence-electron chi connectivity index (χ4n) is 2.57. The van der Waals surface area contributed by atoms with Gasteiger partial charge in [-0.3, -0.25) is 4.79 Å². The van der Waals surface area contributed by atoms with Crippen molar-refractivity contribution in [3.05, 3.63) is 60.6 Å². The Morgan fingerprint density at radius 3 is 2.96 bits per heavy atom. The van der Waals surface area contributed by atoms with Crippen LogP contribution in [-0.4, -0.2) is 25.0 Å². The monoisotopic (exact) mass is 311 g/mol. The number of benzene rings is 1. The summed E-state index contributed by atoms with van der Waals surface area (Å²) in [5.41, 5.74) is 3.13. The van der Waals surface area contributed by atoms with E-state index in [9.17, 15) is 9.59 Å². The highest BCUT2D eigenvalue weighted by Crippen LogP contribution is 2.31. The molecule has 3 rings (SSSR count). The zero-order valence-electron chi connectivity index (χ0n) is 12.5. The van der Waals surface area contributed by atoms with Crippen LogP contribution >= 0.6 is 0 Å². The quantitative estimate of drug-likeness (QED) is 0.853. The molecule has 23 heavy (non-hydrogen) atoms. The van der Waals surface area contributed by atoms with Gasteiger partial charge < -0.3 is 20.0 Å². The number of fused-ring (bicyclic) bond motifs is 1. The number of rotatable bonds is 4. The molecule has 2 N–H and O–H groups in total. The van der Waals surface area contributed by atoms with E-state index in [4.69, 9.17) is 4.42 Å². The number of carbonyl (C=O) groups is 2. The molecule has 1 aromatic heterocycles. The van der Waals surface area contributed by atoms with E-state index in [1.165, 1.54) is 12.5 Å². The van der Waals surface area contributed by atoms with Crippen LogP contribution in [0.2, 0.25) is 0 Å². The molecule has 0 radical (unpaired) electrons. The van der Waals surface area contributed by atoms with Crippen molar-refractivity contribution < 1.29 is 14.0 Å². The average Bonchev–Trinajstić information content (AvgIpc) is 3.21. The van der Waals surface area contributed by atoms with Gasteiger partial charge in [0.1, 0.15) is 6.26 Å². The van der Waals surface area contributed by atoms with E-state index < -0.39 is 0 Å². The summed E-state index contributed by atoms with van der Waals surface area (Å²) in [5.74, 6) is -0.0815. The van der Waals surface area contributed by atoms with Crippen LogP contribution in [0, 0.1) is 0 Å². The minimum atomic E-state index is -0.283. The molecule has 0 atom stereocenters. The number of nitrogens with zero attached hydrogens (tertiary/aromatic N) is 1. The number of hydrogen-bond donors (Lipinski definition) is 2. The first kappa shape index (κ1) is 14.9. The van der Waals surface area contributed by atoms with Crippen LogP contribution in [0.3, 0.4) is 0 Å². The Kier molecular flexibility index (Phi) is 4.14. The molecule has 6 nitrogen and oxygen atoms in total. The van der Waals surface area contributed by atoms with E-state index in [1.807, 2.05) is 12.1 Å². The van der Waals surface area contributed by atoms with Crippen molar-refractivity contribution in [3.63, 3.8) is 0 Å². The highest BCUT2D eigenvalue weighted by Gasteiger charge is 2.26. The predicted molar refractivity (Wildman–Crippen MR) is 87.7 cm³/mol. The summed E-state index contributed by atoms with van der Waals surface area (Å²) in [5, 5.41) is 5.41. The molecule has 6 heteroatoms. The Morgan fingerprint density at radius 2 is 2.22 bits per heavy atom. The van der Waals surface area contributed by atoms with E-state index >= 15 is 0 Å². The molecule has 1 aromatic carbocycles. The number of anilines is 2. The number of amides is 3. The third kappa shape index (κ3) is 3.11. The summed E-state index contributed by atoms with van der Waals surface area (Å²) in [6.45, 7) is 4.57. The zero-order valence-corrected chi connectivity index (χ0v) is 12.5. The molecule has 0 saturated heterocycles. The molecule has 1 aliphatic rings. The number of urea groups is 1. The summed E-state index contributed by atoms with van der Waals surface area (Å²) < 4.78 is 4.97. The van der Waals surface area contributed by atoms with E-state index in [-0.39, 0.29) is 11.9 Å². The summed E-state index contributed by atoms with van der Waals surface area (Å²) in [7, 11) is 0. The van der Waals surface area contributed by atoms with Gasteiger partial charge >= 0.3 is 6.03 Å². The van der Waals surface area contributed by atoms with Gasteiger partial charge in [0, 0.05) is 24.5 Å². The number of carbonyl (C=O) groups excluding carboxylic acids is 2. The summed E-state index contributed by atoms with van der Waals surface area (Å²) in [6, 6.07) is 6.90. The van der Waals surface area contributed by atoms with Crippen LogP contribution in [0.4, 0.5) is 16.2 Å². The Hall–Kier alpha value is -3.02. The molecule has 2 aromatic rings. The molecule has 0 bridgehead atoms. The largest absolute Gasteiger partial charge is 0.472 e. The molecule has 1 aliphatic heterocycles. The number of hydrogen-bond acceptors (Lipinski definition) is 3. The third-order valence-corrected chi connectivity index (χ3v) is 3.65. The van der Waals surface area contributed by atoms with Gasteiger partial charge in [-0.1, -0.05) is 6.08 Å². The molecule has 118 valence electrons. The lowest BCUT2D eigenvalue weighted by atomic mass is 10.1. The van der Waals surface area contributed by atoms with Gasteiger partial charge in [-0.05, 0) is 36.2 Å². The lowest BCUT2D eigenvalue weighted by Crippen LogP contribution is -2.29. The predicted octanol–water partition coefficient (Wildman–Crippen LogP) is 2.79. The smallest absolute Gasteiger partial charge is 0.319 e. The van der Waals surface area contributed by atoms with Crippen LogP contribution in [0.1, 0.15) is 15.9 Å². The second-order valence-corrected chi connectivity index (χ2v) is 5.19. The van der Waals surface area contributed by atoms with E-state index in [0.717, 1.165) is 17.7 Å². The minimum absolute atomic E-state index is 0.0815. The van der Waals surface area contributed by atoms with Gasteiger partial charge in [-0.15, -0.1) is 6.58 Å². The normalized spacial score (nSPS) is 12.6. The molecule has 0 saturated carbocycles. The van der Waals surface area contributed by atoms with Gasteiger partial charge in [0.15, 0.2) is 0 Å². The van der Waals surface area contributed by atoms with Crippen LogP contribution < -0.4 is 15.5 Å². The fourth-order valence-corrected chi connectivity index (χ4v) is 2.57. The van der Waals surface area contributed by atoms with Crippen molar-refractivity contribution in [2.45, 2.75) is 6.42 Å². The highest BCUT2D eigenvalue weighted by molar-refractivity contribution is 6.07. The number of furan rings is 1. The first-order valence-electron chi connectivity index (χ1n) is 7.32. The van der Waals surface area contributed by atoms with Gasteiger partial charge in [-0.2, -0.15) is 0 Å². The van der Waals surface area contributed by atoms with Crippen LogP contribution in [0.25, 0.3) is 0 Å². The molecule has 2 heterocycles. The van der Waals surface area contributed by atoms with E-state index in [2.05, 4.69) is 17.2 Å². The van der Waals surface area contributed by atoms with E-state index in [1.54, 1.807) is 23.1 Å². The topological polar surface area (TPSA) is 74.6 Å². The Labute approximate surface area is 133 Å². The molecule has 0 fully saturated rings. The van der Waals surface area contributed by atoms with Gasteiger partial charge in [-0.25, -0.2) is 4.79 Å². The Balaban J connectivity index is 1.74. The fraction of sp³-hybridized carbons (Fsp3) is 0.176. The van der Waals surface area contributed by atoms with Crippen LogP contribution in [-0.2, 0) is 6.42 Å². The summed E-state index contributed by atoms with van der Waals surface area (Å²) in [4.78, 5) is 25.8. The van der Waals surface area contributed by atoms with Gasteiger partial charge in [0.25, 0.3) is 5.91 Å². The molecule has 3 amide bonds. The first-order chi connectivity index (χ1) is 11.2. The Morgan fingerprint density at radius 1 is 1.35 bits per heavy atom. The van der Waals surface area contributed by atoms with Crippen molar-refractivity contribution in [1.82, 2.24) is 5.32 Å². The van der Waals surface area contributed by atoms with Gasteiger partial charge in [0.05, 0.1) is 11.8 Å². The summed E-state index contributed by atoms with van der Waals surface area (Å²) >= 11 is 0. The standard InChI is InChI=1S/C17H17N3O3/c1-2-7-18-17(22)19-14-3-4-15-12(10-14)5-8-20(15)16(21)13-6-9-23-11-13/h2-4,6,9-11H,1,5,7-8H2,(H2,18,19,22). The van der Waals surface area contributed by atoms with E-state index in [0.29, 0.717) is 24.3 Å². The zero-order chi connectivity index (χ0) is 16.2. The van der Waals surface area contributed by atoms with Crippen molar-refractivity contribution in [1.29, 1.82) is 0 Å².